The third kappa shape index (κ3) is 4.46. The lowest BCUT2D eigenvalue weighted by molar-refractivity contribution is -0.689. The molecular formula is C8H20N+. The van der Waals surface area contributed by atoms with Gasteiger partial charge in [-0.25, -0.2) is 0 Å². The maximum atomic E-state index is 2.46. The van der Waals surface area contributed by atoms with E-state index in [2.05, 4.69) is 26.1 Å². The predicted octanol–water partition coefficient (Wildman–Crippen LogP) is 1.15. The molecule has 0 rings (SSSR count). The molecule has 0 saturated heterocycles. The Morgan fingerprint density at radius 2 is 1.67 bits per heavy atom. The number of hydrogen-bond acceptors (Lipinski definition) is 0. The summed E-state index contributed by atoms with van der Waals surface area (Å²) < 4.78 is 0. The van der Waals surface area contributed by atoms with E-state index in [1.807, 2.05) is 0 Å². The van der Waals surface area contributed by atoms with Crippen LogP contribution in [0.4, 0.5) is 0 Å². The maximum Gasteiger partial charge on any atom is 0.0853 e. The Morgan fingerprint density at radius 3 is 2.00 bits per heavy atom. The maximum absolute atomic E-state index is 2.46. The lowest BCUT2D eigenvalue weighted by Crippen LogP contribution is -2.89. The monoisotopic (exact) mass is 130 g/mol. The zero-order chi connectivity index (χ0) is 7.11. The van der Waals surface area contributed by atoms with Crippen LogP contribution in [-0.4, -0.2) is 12.6 Å². The molecule has 0 aromatic heterocycles. The van der Waals surface area contributed by atoms with E-state index < -0.39 is 0 Å². The topological polar surface area (TPSA) is 16.6 Å². The van der Waals surface area contributed by atoms with Crippen molar-refractivity contribution < 1.29 is 5.32 Å². The normalized spacial score (nSPS) is 10.7. The van der Waals surface area contributed by atoms with Crippen LogP contribution in [0.2, 0.25) is 0 Å². The van der Waals surface area contributed by atoms with Gasteiger partial charge in [0, 0.05) is 0 Å². The smallest absolute Gasteiger partial charge is 0.0853 e. The van der Waals surface area contributed by atoms with Gasteiger partial charge in [0.05, 0.1) is 12.6 Å². The van der Waals surface area contributed by atoms with Gasteiger partial charge in [0.25, 0.3) is 0 Å². The number of quaternary nitrogens is 1. The molecule has 0 fully saturated rings. The zero-order valence-corrected chi connectivity index (χ0v) is 6.98. The summed E-state index contributed by atoms with van der Waals surface area (Å²) in [6, 6.07) is 0.880. The quantitative estimate of drug-likeness (QED) is 0.575. The molecule has 0 aliphatic carbocycles. The highest BCUT2D eigenvalue weighted by Gasteiger charge is 2.02. The third-order valence-electron chi connectivity index (χ3n) is 1.84. The van der Waals surface area contributed by atoms with E-state index in [0.29, 0.717) is 0 Å². The average molecular weight is 130 g/mol. The number of hydrogen-bond donors (Lipinski definition) is 1. The molecule has 0 amide bonds. The minimum Gasteiger partial charge on any atom is -0.344 e. The first-order valence-corrected chi connectivity index (χ1v) is 4.18. The molecule has 56 valence electrons. The molecule has 0 atom stereocenters. The van der Waals surface area contributed by atoms with Gasteiger partial charge in [-0.15, -0.1) is 0 Å². The van der Waals surface area contributed by atoms with Gasteiger partial charge in [0.2, 0.25) is 0 Å². The second-order valence-electron chi connectivity index (χ2n) is 2.60. The summed E-state index contributed by atoms with van der Waals surface area (Å²) in [6.07, 6.45) is 3.93. The first-order valence-electron chi connectivity index (χ1n) is 4.18. The molecule has 2 N–H and O–H groups in total. The minimum atomic E-state index is 0.880. The van der Waals surface area contributed by atoms with E-state index in [-0.39, 0.29) is 0 Å². The lowest BCUT2D eigenvalue weighted by Gasteiger charge is -2.09. The average Bonchev–Trinajstić information content (AvgIpc) is 1.91. The van der Waals surface area contributed by atoms with Crippen LogP contribution in [0.1, 0.15) is 40.0 Å². The molecule has 1 nitrogen and oxygen atoms in total. The Labute approximate surface area is 58.8 Å². The van der Waals surface area contributed by atoms with Gasteiger partial charge >= 0.3 is 0 Å². The first-order chi connectivity index (χ1) is 4.35. The first kappa shape index (κ1) is 8.96. The van der Waals surface area contributed by atoms with Gasteiger partial charge in [-0.05, 0) is 19.3 Å². The van der Waals surface area contributed by atoms with Crippen LogP contribution in [-0.2, 0) is 0 Å². The van der Waals surface area contributed by atoms with E-state index in [0.717, 1.165) is 6.04 Å². The highest BCUT2D eigenvalue weighted by molar-refractivity contribution is 4.44. The number of rotatable bonds is 5. The van der Waals surface area contributed by atoms with Gasteiger partial charge in [0.15, 0.2) is 0 Å². The van der Waals surface area contributed by atoms with Crippen LogP contribution in [0.15, 0.2) is 0 Å². The van der Waals surface area contributed by atoms with Crippen LogP contribution in [0.3, 0.4) is 0 Å². The summed E-state index contributed by atoms with van der Waals surface area (Å²) in [5.74, 6) is 0. The predicted molar refractivity (Wildman–Crippen MR) is 41.5 cm³/mol. The Kier molecular flexibility index (Phi) is 6.06. The molecule has 0 radical (unpaired) electrons. The summed E-state index contributed by atoms with van der Waals surface area (Å²) in [5.41, 5.74) is 0. The van der Waals surface area contributed by atoms with Crippen molar-refractivity contribution in [2.75, 3.05) is 6.54 Å². The van der Waals surface area contributed by atoms with Crippen molar-refractivity contribution in [3.8, 4) is 0 Å². The fourth-order valence-electron chi connectivity index (χ4n) is 1.02. The summed E-state index contributed by atoms with van der Waals surface area (Å²) in [5, 5.41) is 2.46. The van der Waals surface area contributed by atoms with E-state index in [1.165, 1.54) is 25.8 Å². The van der Waals surface area contributed by atoms with Crippen LogP contribution < -0.4 is 5.32 Å². The van der Waals surface area contributed by atoms with Gasteiger partial charge in [-0.3, -0.25) is 0 Å². The number of nitrogens with two attached hydrogens (primary N) is 1. The van der Waals surface area contributed by atoms with Crippen molar-refractivity contribution >= 4 is 0 Å². The van der Waals surface area contributed by atoms with E-state index >= 15 is 0 Å². The Hall–Kier alpha value is -0.0400. The molecule has 0 aliphatic rings. The highest BCUT2D eigenvalue weighted by Crippen LogP contribution is 1.88. The molecule has 0 saturated carbocycles. The highest BCUT2D eigenvalue weighted by atomic mass is 14.9. The lowest BCUT2D eigenvalue weighted by atomic mass is 10.2. The van der Waals surface area contributed by atoms with Crippen LogP contribution in [0.25, 0.3) is 0 Å². The molecule has 0 spiro atoms. The minimum absolute atomic E-state index is 0.880. The molecule has 1 heteroatoms. The Balaban J connectivity index is 3.09. The summed E-state index contributed by atoms with van der Waals surface area (Å²) in [7, 11) is 0. The molecule has 0 bridgehead atoms. The van der Waals surface area contributed by atoms with E-state index in [4.69, 9.17) is 0 Å². The standard InChI is InChI=1S/C8H19N/c1-4-7-9-8(5-2)6-3/h8-9H,4-7H2,1-3H3/p+1. The Bertz CT molecular complexity index is 48.5. The van der Waals surface area contributed by atoms with Crippen LogP contribution in [0.5, 0.6) is 0 Å². The van der Waals surface area contributed by atoms with Crippen LogP contribution in [0, 0.1) is 0 Å². The summed E-state index contributed by atoms with van der Waals surface area (Å²) in [4.78, 5) is 0. The van der Waals surface area contributed by atoms with Crippen molar-refractivity contribution in [3.05, 3.63) is 0 Å². The Morgan fingerprint density at radius 1 is 1.11 bits per heavy atom. The molecule has 0 aromatic rings. The molecule has 9 heavy (non-hydrogen) atoms. The van der Waals surface area contributed by atoms with Gasteiger partial charge in [-0.2, -0.15) is 0 Å². The largest absolute Gasteiger partial charge is 0.344 e. The van der Waals surface area contributed by atoms with Crippen molar-refractivity contribution in [1.29, 1.82) is 0 Å². The second-order valence-corrected chi connectivity index (χ2v) is 2.60. The van der Waals surface area contributed by atoms with Crippen molar-refractivity contribution in [1.82, 2.24) is 0 Å². The van der Waals surface area contributed by atoms with Gasteiger partial charge < -0.3 is 5.32 Å². The van der Waals surface area contributed by atoms with E-state index in [1.54, 1.807) is 0 Å². The van der Waals surface area contributed by atoms with Crippen molar-refractivity contribution in [2.45, 2.75) is 46.1 Å². The molecule has 0 aromatic carbocycles. The second kappa shape index (κ2) is 6.09. The van der Waals surface area contributed by atoms with Crippen molar-refractivity contribution in [3.63, 3.8) is 0 Å². The molecular weight excluding hydrogens is 110 g/mol. The fourth-order valence-corrected chi connectivity index (χ4v) is 1.02. The van der Waals surface area contributed by atoms with Crippen molar-refractivity contribution in [2.24, 2.45) is 0 Å². The third-order valence-corrected chi connectivity index (χ3v) is 1.84. The molecule has 0 aliphatic heterocycles. The summed E-state index contributed by atoms with van der Waals surface area (Å²) >= 11 is 0. The van der Waals surface area contributed by atoms with Gasteiger partial charge in [-0.1, -0.05) is 20.8 Å². The fraction of sp³-hybridized carbons (Fsp3) is 1.00. The summed E-state index contributed by atoms with van der Waals surface area (Å²) in [6.45, 7) is 8.06. The van der Waals surface area contributed by atoms with Gasteiger partial charge in [0.1, 0.15) is 0 Å². The SMILES string of the molecule is CCC[NH2+]C(CC)CC. The molecule has 0 unspecified atom stereocenters. The zero-order valence-electron chi connectivity index (χ0n) is 6.98. The van der Waals surface area contributed by atoms with E-state index in [9.17, 15) is 0 Å². The van der Waals surface area contributed by atoms with Crippen LogP contribution >= 0.6 is 0 Å². The molecule has 0 heterocycles.